The van der Waals surface area contributed by atoms with E-state index in [4.69, 9.17) is 4.74 Å². The Hall–Kier alpha value is -1.77. The first kappa shape index (κ1) is 12.3. The number of benzene rings is 1. The molecule has 0 saturated heterocycles. The molecular formula is C13H16O3. The molecule has 0 fully saturated rings. The van der Waals surface area contributed by atoms with Crippen molar-refractivity contribution in [2.45, 2.75) is 13.3 Å². The zero-order valence-corrected chi connectivity index (χ0v) is 9.60. The maximum Gasteiger partial charge on any atom is 0.337 e. The number of ether oxygens (including phenoxy) is 2. The summed E-state index contributed by atoms with van der Waals surface area (Å²) in [7, 11) is 1.38. The van der Waals surface area contributed by atoms with Crippen LogP contribution in [-0.2, 0) is 15.9 Å². The normalized spacial score (nSPS) is 10.4. The number of esters is 1. The van der Waals surface area contributed by atoms with Gasteiger partial charge in [-0.2, -0.15) is 0 Å². The van der Waals surface area contributed by atoms with Gasteiger partial charge in [-0.1, -0.05) is 12.1 Å². The van der Waals surface area contributed by atoms with Crippen LogP contribution < -0.4 is 0 Å². The Kier molecular flexibility index (Phi) is 5.12. The van der Waals surface area contributed by atoms with Crippen LogP contribution in [0.15, 0.2) is 36.6 Å². The monoisotopic (exact) mass is 220 g/mol. The highest BCUT2D eigenvalue weighted by Gasteiger charge is 2.03. The summed E-state index contributed by atoms with van der Waals surface area (Å²) < 4.78 is 9.70. The van der Waals surface area contributed by atoms with Crippen molar-refractivity contribution >= 4 is 5.97 Å². The van der Waals surface area contributed by atoms with Gasteiger partial charge in [0.05, 0.1) is 25.5 Å². The molecule has 0 amide bonds. The summed E-state index contributed by atoms with van der Waals surface area (Å²) in [5.41, 5.74) is 1.70. The van der Waals surface area contributed by atoms with E-state index >= 15 is 0 Å². The van der Waals surface area contributed by atoms with Crippen molar-refractivity contribution in [3.05, 3.63) is 47.7 Å². The summed E-state index contributed by atoms with van der Waals surface area (Å²) in [6.45, 7) is 2.62. The molecule has 0 aliphatic carbocycles. The molecule has 0 unspecified atom stereocenters. The summed E-state index contributed by atoms with van der Waals surface area (Å²) in [6.07, 6.45) is 4.42. The van der Waals surface area contributed by atoms with Crippen molar-refractivity contribution < 1.29 is 14.3 Å². The van der Waals surface area contributed by atoms with Crippen molar-refractivity contribution in [1.29, 1.82) is 0 Å². The van der Waals surface area contributed by atoms with Crippen LogP contribution in [0.25, 0.3) is 0 Å². The maximum absolute atomic E-state index is 11.2. The average Bonchev–Trinajstić information content (AvgIpc) is 2.34. The van der Waals surface area contributed by atoms with Gasteiger partial charge in [0.15, 0.2) is 0 Å². The highest BCUT2D eigenvalue weighted by atomic mass is 16.5. The van der Waals surface area contributed by atoms with Crippen LogP contribution in [0.5, 0.6) is 0 Å². The predicted molar refractivity (Wildman–Crippen MR) is 62.3 cm³/mol. The molecule has 0 bridgehead atoms. The molecule has 0 aliphatic rings. The summed E-state index contributed by atoms with van der Waals surface area (Å²) in [4.78, 5) is 11.2. The second-order valence-corrected chi connectivity index (χ2v) is 3.22. The van der Waals surface area contributed by atoms with Gasteiger partial charge in [0.25, 0.3) is 0 Å². The third kappa shape index (κ3) is 3.77. The van der Waals surface area contributed by atoms with Crippen LogP contribution in [0.1, 0.15) is 22.8 Å². The van der Waals surface area contributed by atoms with E-state index in [1.165, 1.54) is 7.11 Å². The number of methoxy groups -OCH3 is 1. The van der Waals surface area contributed by atoms with E-state index in [0.717, 1.165) is 12.0 Å². The zero-order chi connectivity index (χ0) is 11.8. The molecule has 86 valence electrons. The topological polar surface area (TPSA) is 35.5 Å². The number of rotatable bonds is 5. The second-order valence-electron chi connectivity index (χ2n) is 3.22. The molecule has 1 aromatic carbocycles. The van der Waals surface area contributed by atoms with Crippen LogP contribution >= 0.6 is 0 Å². The van der Waals surface area contributed by atoms with Crippen LogP contribution in [0, 0.1) is 0 Å². The van der Waals surface area contributed by atoms with Gasteiger partial charge in [0.1, 0.15) is 0 Å². The van der Waals surface area contributed by atoms with Gasteiger partial charge in [0, 0.05) is 0 Å². The third-order valence-corrected chi connectivity index (χ3v) is 2.09. The van der Waals surface area contributed by atoms with Gasteiger partial charge < -0.3 is 9.47 Å². The van der Waals surface area contributed by atoms with Gasteiger partial charge in [-0.25, -0.2) is 4.79 Å². The quantitative estimate of drug-likeness (QED) is 0.565. The lowest BCUT2D eigenvalue weighted by Gasteiger charge is -2.00. The van der Waals surface area contributed by atoms with Crippen molar-refractivity contribution in [3.8, 4) is 0 Å². The van der Waals surface area contributed by atoms with Crippen LogP contribution in [0.3, 0.4) is 0 Å². The lowest BCUT2D eigenvalue weighted by molar-refractivity contribution is 0.0600. The number of hydrogen-bond donors (Lipinski definition) is 0. The fourth-order valence-electron chi connectivity index (χ4n) is 1.24. The van der Waals surface area contributed by atoms with E-state index in [1.807, 2.05) is 25.1 Å². The van der Waals surface area contributed by atoms with Crippen LogP contribution in [0.4, 0.5) is 0 Å². The molecular weight excluding hydrogens is 204 g/mol. The second kappa shape index (κ2) is 6.67. The van der Waals surface area contributed by atoms with Gasteiger partial charge >= 0.3 is 5.97 Å². The fourth-order valence-corrected chi connectivity index (χ4v) is 1.24. The molecule has 1 rings (SSSR count). The molecule has 16 heavy (non-hydrogen) atoms. The minimum atomic E-state index is -0.309. The number of carbonyl (C=O) groups is 1. The van der Waals surface area contributed by atoms with E-state index < -0.39 is 0 Å². The maximum atomic E-state index is 11.2. The first-order chi connectivity index (χ1) is 7.77. The smallest absolute Gasteiger partial charge is 0.337 e. The van der Waals surface area contributed by atoms with Crippen molar-refractivity contribution in [2.75, 3.05) is 13.7 Å². The van der Waals surface area contributed by atoms with Gasteiger partial charge in [-0.05, 0) is 37.1 Å². The molecule has 0 saturated carbocycles. The van der Waals surface area contributed by atoms with Crippen molar-refractivity contribution in [2.24, 2.45) is 0 Å². The molecule has 1 aromatic rings. The van der Waals surface area contributed by atoms with E-state index in [0.29, 0.717) is 12.2 Å². The summed E-state index contributed by atoms with van der Waals surface area (Å²) in [6, 6.07) is 7.33. The minimum absolute atomic E-state index is 0.309. The van der Waals surface area contributed by atoms with Gasteiger partial charge in [-0.3, -0.25) is 0 Å². The number of carbonyl (C=O) groups excluding carboxylic acids is 1. The number of allylic oxidation sites excluding steroid dienone is 1. The molecule has 0 heterocycles. The SMILES string of the molecule is CCO/C=C\Cc1ccc(C(=O)OC)cc1. The van der Waals surface area contributed by atoms with Crippen LogP contribution in [0.2, 0.25) is 0 Å². The Balaban J connectivity index is 2.54. The molecule has 0 atom stereocenters. The molecule has 0 radical (unpaired) electrons. The van der Waals surface area contributed by atoms with Gasteiger partial charge in [0.2, 0.25) is 0 Å². The Morgan fingerprint density at radius 1 is 1.31 bits per heavy atom. The largest absolute Gasteiger partial charge is 0.502 e. The third-order valence-electron chi connectivity index (χ3n) is 2.09. The van der Waals surface area contributed by atoms with Gasteiger partial charge in [-0.15, -0.1) is 0 Å². The molecule has 0 spiro atoms. The number of hydrogen-bond acceptors (Lipinski definition) is 3. The Morgan fingerprint density at radius 2 is 2.00 bits per heavy atom. The van der Waals surface area contributed by atoms with E-state index in [1.54, 1.807) is 18.4 Å². The van der Waals surface area contributed by atoms with Crippen LogP contribution in [-0.4, -0.2) is 19.7 Å². The van der Waals surface area contributed by atoms with E-state index in [-0.39, 0.29) is 5.97 Å². The first-order valence-corrected chi connectivity index (χ1v) is 5.21. The zero-order valence-electron chi connectivity index (χ0n) is 9.60. The summed E-state index contributed by atoms with van der Waals surface area (Å²) >= 11 is 0. The molecule has 3 heteroatoms. The Labute approximate surface area is 95.7 Å². The van der Waals surface area contributed by atoms with E-state index in [2.05, 4.69) is 4.74 Å². The van der Waals surface area contributed by atoms with Crippen molar-refractivity contribution in [3.63, 3.8) is 0 Å². The summed E-state index contributed by atoms with van der Waals surface area (Å²) in [5.74, 6) is -0.309. The minimum Gasteiger partial charge on any atom is -0.502 e. The highest BCUT2D eigenvalue weighted by Crippen LogP contribution is 2.06. The lowest BCUT2D eigenvalue weighted by Crippen LogP contribution is -2.00. The molecule has 3 nitrogen and oxygen atoms in total. The highest BCUT2D eigenvalue weighted by molar-refractivity contribution is 5.89. The lowest BCUT2D eigenvalue weighted by atomic mass is 10.1. The van der Waals surface area contributed by atoms with E-state index in [9.17, 15) is 4.79 Å². The summed E-state index contributed by atoms with van der Waals surface area (Å²) in [5, 5.41) is 0. The fraction of sp³-hybridized carbons (Fsp3) is 0.308. The predicted octanol–water partition coefficient (Wildman–Crippen LogP) is 2.57. The first-order valence-electron chi connectivity index (χ1n) is 5.21. The standard InChI is InChI=1S/C13H16O3/c1-3-16-10-4-5-11-6-8-12(9-7-11)13(14)15-2/h4,6-10H,3,5H2,1-2H3/b10-4-. The molecule has 0 aromatic heterocycles. The Bertz CT molecular complexity index is 352. The Morgan fingerprint density at radius 3 is 2.56 bits per heavy atom. The average molecular weight is 220 g/mol. The van der Waals surface area contributed by atoms with Crippen molar-refractivity contribution in [1.82, 2.24) is 0 Å². The molecule has 0 aliphatic heterocycles. The molecule has 0 N–H and O–H groups in total.